The second-order valence-corrected chi connectivity index (χ2v) is 5.70. The third kappa shape index (κ3) is 4.18. The van der Waals surface area contributed by atoms with Gasteiger partial charge in [-0.15, -0.1) is 0 Å². The first-order valence-electron chi connectivity index (χ1n) is 6.62. The topological polar surface area (TPSA) is 78.9 Å². The molecule has 2 amide bonds. The first-order valence-corrected chi connectivity index (χ1v) is 7.41. The van der Waals surface area contributed by atoms with Crippen LogP contribution in [0.25, 0.3) is 0 Å². The molecule has 1 fully saturated rings. The number of rotatable bonds is 6. The van der Waals surface area contributed by atoms with E-state index < -0.39 is 5.97 Å². The van der Waals surface area contributed by atoms with Gasteiger partial charge in [-0.2, -0.15) is 0 Å². The van der Waals surface area contributed by atoms with E-state index in [-0.39, 0.29) is 17.6 Å². The van der Waals surface area contributed by atoms with Crippen LogP contribution in [0.5, 0.6) is 0 Å². The molecule has 21 heavy (non-hydrogen) atoms. The molecule has 0 spiro atoms. The van der Waals surface area contributed by atoms with Gasteiger partial charge in [0.1, 0.15) is 0 Å². The molecule has 0 heterocycles. The molecular formula is C14H17BrN2O4. The van der Waals surface area contributed by atoms with Gasteiger partial charge in [-0.05, 0) is 47.0 Å². The standard InChI is InChI=1S/C14H17BrN2O4/c1-21-7-6-17(10-3-4-10)14(20)16-12-8-9(13(18)19)2-5-11(12)15/h2,5,8,10H,3-4,6-7H2,1H3,(H,16,20)(H,18,19). The van der Waals surface area contributed by atoms with Gasteiger partial charge in [-0.25, -0.2) is 9.59 Å². The molecule has 0 saturated heterocycles. The number of ether oxygens (including phenoxy) is 1. The van der Waals surface area contributed by atoms with Crippen LogP contribution in [-0.2, 0) is 4.74 Å². The molecule has 0 aliphatic heterocycles. The van der Waals surface area contributed by atoms with Crippen molar-refractivity contribution in [2.75, 3.05) is 25.6 Å². The summed E-state index contributed by atoms with van der Waals surface area (Å²) in [5.41, 5.74) is 0.575. The van der Waals surface area contributed by atoms with Gasteiger partial charge < -0.3 is 20.1 Å². The molecule has 6 nitrogen and oxygen atoms in total. The number of anilines is 1. The molecule has 0 radical (unpaired) electrons. The molecule has 0 unspecified atom stereocenters. The third-order valence-corrected chi connectivity index (χ3v) is 3.93. The molecule has 0 atom stereocenters. The van der Waals surface area contributed by atoms with Crippen LogP contribution in [-0.4, -0.2) is 48.3 Å². The quantitative estimate of drug-likeness (QED) is 0.821. The lowest BCUT2D eigenvalue weighted by molar-refractivity contribution is 0.0697. The number of aromatic carboxylic acids is 1. The van der Waals surface area contributed by atoms with E-state index in [0.717, 1.165) is 12.8 Å². The number of carbonyl (C=O) groups is 2. The van der Waals surface area contributed by atoms with Crippen molar-refractivity contribution in [3.8, 4) is 0 Å². The number of carboxylic acid groups (broad SMARTS) is 1. The van der Waals surface area contributed by atoms with Crippen molar-refractivity contribution >= 4 is 33.6 Å². The fourth-order valence-electron chi connectivity index (χ4n) is 1.97. The summed E-state index contributed by atoms with van der Waals surface area (Å²) < 4.78 is 5.66. The monoisotopic (exact) mass is 356 g/mol. The number of benzene rings is 1. The number of carbonyl (C=O) groups excluding carboxylic acids is 1. The highest BCUT2D eigenvalue weighted by molar-refractivity contribution is 9.10. The van der Waals surface area contributed by atoms with Crippen LogP contribution in [0.3, 0.4) is 0 Å². The van der Waals surface area contributed by atoms with Crippen molar-refractivity contribution in [1.29, 1.82) is 0 Å². The van der Waals surface area contributed by atoms with E-state index in [4.69, 9.17) is 9.84 Å². The number of amides is 2. The maximum Gasteiger partial charge on any atom is 0.335 e. The minimum absolute atomic E-state index is 0.128. The fourth-order valence-corrected chi connectivity index (χ4v) is 2.31. The van der Waals surface area contributed by atoms with Gasteiger partial charge in [0.05, 0.1) is 17.9 Å². The summed E-state index contributed by atoms with van der Waals surface area (Å²) in [6, 6.07) is 4.53. The summed E-state index contributed by atoms with van der Waals surface area (Å²) in [6.07, 6.45) is 1.99. The maximum absolute atomic E-state index is 12.3. The van der Waals surface area contributed by atoms with Crippen molar-refractivity contribution in [3.05, 3.63) is 28.2 Å². The second kappa shape index (κ2) is 6.91. The maximum atomic E-state index is 12.3. The van der Waals surface area contributed by atoms with Gasteiger partial charge in [0.2, 0.25) is 0 Å². The lowest BCUT2D eigenvalue weighted by atomic mass is 10.2. The van der Waals surface area contributed by atoms with E-state index >= 15 is 0 Å². The van der Waals surface area contributed by atoms with E-state index in [1.807, 2.05) is 0 Å². The smallest absolute Gasteiger partial charge is 0.335 e. The van der Waals surface area contributed by atoms with Crippen LogP contribution in [0.15, 0.2) is 22.7 Å². The molecule has 0 aromatic heterocycles. The zero-order valence-corrected chi connectivity index (χ0v) is 13.2. The largest absolute Gasteiger partial charge is 0.478 e. The molecule has 2 N–H and O–H groups in total. The number of hydrogen-bond donors (Lipinski definition) is 2. The zero-order chi connectivity index (χ0) is 15.4. The number of carboxylic acids is 1. The Bertz CT molecular complexity index is 546. The van der Waals surface area contributed by atoms with E-state index in [1.54, 1.807) is 18.1 Å². The SMILES string of the molecule is COCCN(C(=O)Nc1cc(C(=O)O)ccc1Br)C1CC1. The highest BCUT2D eigenvalue weighted by Crippen LogP contribution is 2.29. The molecular weight excluding hydrogens is 340 g/mol. The molecule has 1 aliphatic rings. The lowest BCUT2D eigenvalue weighted by Gasteiger charge is -2.23. The number of nitrogens with one attached hydrogen (secondary N) is 1. The van der Waals surface area contributed by atoms with Crippen molar-refractivity contribution in [2.24, 2.45) is 0 Å². The summed E-state index contributed by atoms with van der Waals surface area (Å²) >= 11 is 3.31. The number of methoxy groups -OCH3 is 1. The fraction of sp³-hybridized carbons (Fsp3) is 0.429. The normalized spacial score (nSPS) is 13.8. The molecule has 2 rings (SSSR count). The Kier molecular flexibility index (Phi) is 5.19. The third-order valence-electron chi connectivity index (χ3n) is 3.24. The first kappa shape index (κ1) is 15.8. The Balaban J connectivity index is 2.10. The second-order valence-electron chi connectivity index (χ2n) is 4.85. The number of urea groups is 1. The van der Waals surface area contributed by atoms with Crippen LogP contribution in [0.2, 0.25) is 0 Å². The van der Waals surface area contributed by atoms with Crippen LogP contribution in [0, 0.1) is 0 Å². The lowest BCUT2D eigenvalue weighted by Crippen LogP contribution is -2.39. The number of halogens is 1. The van der Waals surface area contributed by atoms with Gasteiger partial charge in [-0.1, -0.05) is 0 Å². The van der Waals surface area contributed by atoms with E-state index in [2.05, 4.69) is 21.2 Å². The number of nitrogens with zero attached hydrogens (tertiary/aromatic N) is 1. The Morgan fingerprint density at radius 3 is 2.76 bits per heavy atom. The van der Waals surface area contributed by atoms with Gasteiger partial charge in [-0.3, -0.25) is 0 Å². The summed E-state index contributed by atoms with van der Waals surface area (Å²) in [7, 11) is 1.59. The van der Waals surface area contributed by atoms with E-state index in [0.29, 0.717) is 23.3 Å². The van der Waals surface area contributed by atoms with Crippen molar-refractivity contribution < 1.29 is 19.4 Å². The van der Waals surface area contributed by atoms with E-state index in [1.165, 1.54) is 12.1 Å². The van der Waals surface area contributed by atoms with Crippen molar-refractivity contribution in [1.82, 2.24) is 4.90 Å². The molecule has 0 bridgehead atoms. The minimum atomic E-state index is -1.03. The predicted octanol–water partition coefficient (Wildman–Crippen LogP) is 2.79. The Hall–Kier alpha value is -1.60. The Morgan fingerprint density at radius 1 is 1.48 bits per heavy atom. The molecule has 1 aromatic rings. The molecule has 1 aromatic carbocycles. The average molecular weight is 357 g/mol. The summed E-state index contributed by atoms with van der Waals surface area (Å²) in [4.78, 5) is 25.0. The van der Waals surface area contributed by atoms with E-state index in [9.17, 15) is 9.59 Å². The Labute approximate surface area is 131 Å². The van der Waals surface area contributed by atoms with Gasteiger partial charge in [0.15, 0.2) is 0 Å². The summed E-state index contributed by atoms with van der Waals surface area (Å²) in [6.45, 7) is 0.990. The summed E-state index contributed by atoms with van der Waals surface area (Å²) in [5, 5.41) is 11.8. The van der Waals surface area contributed by atoms with Crippen molar-refractivity contribution in [2.45, 2.75) is 18.9 Å². The molecule has 114 valence electrons. The van der Waals surface area contributed by atoms with Gasteiger partial charge in [0, 0.05) is 24.2 Å². The Morgan fingerprint density at radius 2 is 2.19 bits per heavy atom. The average Bonchev–Trinajstić information content (AvgIpc) is 3.26. The van der Waals surface area contributed by atoms with Crippen LogP contribution in [0.1, 0.15) is 23.2 Å². The van der Waals surface area contributed by atoms with Gasteiger partial charge >= 0.3 is 12.0 Å². The van der Waals surface area contributed by atoms with Crippen LogP contribution < -0.4 is 5.32 Å². The molecule has 7 heteroatoms. The predicted molar refractivity (Wildman–Crippen MR) is 81.7 cm³/mol. The minimum Gasteiger partial charge on any atom is -0.478 e. The summed E-state index contributed by atoms with van der Waals surface area (Å²) in [5.74, 6) is -1.03. The highest BCUT2D eigenvalue weighted by Gasteiger charge is 2.32. The molecule has 1 saturated carbocycles. The van der Waals surface area contributed by atoms with Crippen LogP contribution >= 0.6 is 15.9 Å². The first-order chi connectivity index (χ1) is 10.0. The molecule has 1 aliphatic carbocycles. The zero-order valence-electron chi connectivity index (χ0n) is 11.6. The highest BCUT2D eigenvalue weighted by atomic mass is 79.9. The van der Waals surface area contributed by atoms with Crippen molar-refractivity contribution in [3.63, 3.8) is 0 Å². The van der Waals surface area contributed by atoms with Crippen LogP contribution in [0.4, 0.5) is 10.5 Å². The van der Waals surface area contributed by atoms with Gasteiger partial charge in [0.25, 0.3) is 0 Å². The number of hydrogen-bond acceptors (Lipinski definition) is 3.